The number of hydrogen-bond acceptors (Lipinski definition) is 4. The number of carbonyl (C=O) groups is 2. The highest BCUT2D eigenvalue weighted by Crippen LogP contribution is 2.22. The van der Waals surface area contributed by atoms with E-state index in [2.05, 4.69) is 15.6 Å². The summed E-state index contributed by atoms with van der Waals surface area (Å²) in [5.74, 6) is 0.684. The minimum Gasteiger partial charge on any atom is -0.496 e. The van der Waals surface area contributed by atoms with Crippen LogP contribution in [0.4, 0.5) is 5.82 Å². The SMILES string of the molecule is COc1ccc(Cl)cc1CC(=O)NCCC(=O)Nc1cccc(C)n1. The van der Waals surface area contributed by atoms with Gasteiger partial charge in [-0.15, -0.1) is 0 Å². The van der Waals surface area contributed by atoms with E-state index in [1.165, 1.54) is 7.11 Å². The molecule has 2 aromatic rings. The number of aryl methyl sites for hydroxylation is 1. The van der Waals surface area contributed by atoms with Crippen molar-refractivity contribution >= 4 is 29.2 Å². The molecule has 1 aromatic heterocycles. The molecule has 0 saturated carbocycles. The zero-order chi connectivity index (χ0) is 18.2. The molecule has 0 aliphatic heterocycles. The van der Waals surface area contributed by atoms with Crippen molar-refractivity contribution in [1.29, 1.82) is 0 Å². The Morgan fingerprint density at radius 3 is 2.72 bits per heavy atom. The van der Waals surface area contributed by atoms with Gasteiger partial charge in [0.2, 0.25) is 11.8 Å². The number of aromatic nitrogens is 1. The highest BCUT2D eigenvalue weighted by atomic mass is 35.5. The summed E-state index contributed by atoms with van der Waals surface area (Å²) in [4.78, 5) is 28.1. The summed E-state index contributed by atoms with van der Waals surface area (Å²) in [7, 11) is 1.54. The fourth-order valence-electron chi connectivity index (χ4n) is 2.25. The minimum atomic E-state index is -0.210. The normalized spacial score (nSPS) is 10.2. The van der Waals surface area contributed by atoms with Crippen molar-refractivity contribution in [3.05, 3.63) is 52.7 Å². The van der Waals surface area contributed by atoms with Gasteiger partial charge in [-0.1, -0.05) is 17.7 Å². The molecule has 132 valence electrons. The Hall–Kier alpha value is -2.60. The molecule has 0 bridgehead atoms. The van der Waals surface area contributed by atoms with Crippen molar-refractivity contribution in [2.45, 2.75) is 19.8 Å². The van der Waals surface area contributed by atoms with Crippen molar-refractivity contribution in [2.24, 2.45) is 0 Å². The lowest BCUT2D eigenvalue weighted by molar-refractivity contribution is -0.120. The first-order valence-electron chi connectivity index (χ1n) is 7.80. The van der Waals surface area contributed by atoms with Gasteiger partial charge in [0.25, 0.3) is 0 Å². The molecule has 0 aliphatic rings. The quantitative estimate of drug-likeness (QED) is 0.794. The molecule has 7 heteroatoms. The summed E-state index contributed by atoms with van der Waals surface area (Å²) in [6.07, 6.45) is 0.291. The van der Waals surface area contributed by atoms with Crippen LogP contribution < -0.4 is 15.4 Å². The summed E-state index contributed by atoms with van der Waals surface area (Å²) in [6.45, 7) is 2.08. The van der Waals surface area contributed by atoms with Gasteiger partial charge in [-0.3, -0.25) is 9.59 Å². The predicted octanol–water partition coefficient (Wildman–Crippen LogP) is 2.74. The lowest BCUT2D eigenvalue weighted by Crippen LogP contribution is -2.29. The highest BCUT2D eigenvalue weighted by Gasteiger charge is 2.10. The zero-order valence-electron chi connectivity index (χ0n) is 14.1. The van der Waals surface area contributed by atoms with Gasteiger partial charge in [-0.2, -0.15) is 0 Å². The fourth-order valence-corrected chi connectivity index (χ4v) is 2.45. The maximum absolute atomic E-state index is 12.0. The van der Waals surface area contributed by atoms with E-state index in [4.69, 9.17) is 16.3 Å². The smallest absolute Gasteiger partial charge is 0.227 e. The Morgan fingerprint density at radius 2 is 2.00 bits per heavy atom. The summed E-state index contributed by atoms with van der Waals surface area (Å²) >= 11 is 5.95. The van der Waals surface area contributed by atoms with E-state index in [-0.39, 0.29) is 31.2 Å². The Bertz CT molecular complexity index is 765. The second-order valence-electron chi connectivity index (χ2n) is 5.45. The predicted molar refractivity (Wildman–Crippen MR) is 96.9 cm³/mol. The fraction of sp³-hybridized carbons (Fsp3) is 0.278. The lowest BCUT2D eigenvalue weighted by Gasteiger charge is -2.10. The Balaban J connectivity index is 1.78. The van der Waals surface area contributed by atoms with Crippen LogP contribution in [0.15, 0.2) is 36.4 Å². The number of anilines is 1. The molecule has 0 spiro atoms. The molecular weight excluding hydrogens is 342 g/mol. The average Bonchev–Trinajstić information content (AvgIpc) is 2.55. The van der Waals surface area contributed by atoms with Crippen LogP contribution in [0, 0.1) is 6.92 Å². The van der Waals surface area contributed by atoms with Crippen LogP contribution in [0.5, 0.6) is 5.75 Å². The number of carbonyl (C=O) groups excluding carboxylic acids is 2. The van der Waals surface area contributed by atoms with Crippen molar-refractivity contribution in [3.63, 3.8) is 0 Å². The van der Waals surface area contributed by atoms with E-state index in [1.54, 1.807) is 24.3 Å². The summed E-state index contributed by atoms with van der Waals surface area (Å²) in [6, 6.07) is 10.5. The van der Waals surface area contributed by atoms with Crippen LogP contribution in [0.25, 0.3) is 0 Å². The molecule has 2 amide bonds. The van der Waals surface area contributed by atoms with Gasteiger partial charge in [0.1, 0.15) is 11.6 Å². The standard InChI is InChI=1S/C18H20ClN3O3/c1-12-4-3-5-16(21-12)22-17(23)8-9-20-18(24)11-13-10-14(19)6-7-15(13)25-2/h3-7,10H,8-9,11H2,1-2H3,(H,20,24)(H,21,22,23). The first kappa shape index (κ1) is 18.7. The van der Waals surface area contributed by atoms with Gasteiger partial charge in [0.15, 0.2) is 0 Å². The minimum absolute atomic E-state index is 0.130. The molecule has 0 unspecified atom stereocenters. The number of nitrogens with zero attached hydrogens (tertiary/aromatic N) is 1. The maximum atomic E-state index is 12.0. The van der Waals surface area contributed by atoms with E-state index in [9.17, 15) is 9.59 Å². The van der Waals surface area contributed by atoms with E-state index >= 15 is 0 Å². The summed E-state index contributed by atoms with van der Waals surface area (Å²) < 4.78 is 5.21. The van der Waals surface area contributed by atoms with Gasteiger partial charge in [-0.05, 0) is 37.3 Å². The number of ether oxygens (including phenoxy) is 1. The largest absolute Gasteiger partial charge is 0.496 e. The van der Waals surface area contributed by atoms with Crippen LogP contribution in [-0.2, 0) is 16.0 Å². The molecule has 1 heterocycles. The number of nitrogens with one attached hydrogen (secondary N) is 2. The van der Waals surface area contributed by atoms with Crippen molar-refractivity contribution in [1.82, 2.24) is 10.3 Å². The molecular formula is C18H20ClN3O3. The van der Waals surface area contributed by atoms with Crippen LogP contribution in [0.2, 0.25) is 5.02 Å². The number of methoxy groups -OCH3 is 1. The maximum Gasteiger partial charge on any atom is 0.227 e. The first-order valence-corrected chi connectivity index (χ1v) is 8.18. The van der Waals surface area contributed by atoms with Crippen LogP contribution in [0.3, 0.4) is 0 Å². The Kier molecular flexibility index (Phi) is 6.77. The summed E-state index contributed by atoms with van der Waals surface area (Å²) in [5, 5.41) is 5.94. The van der Waals surface area contributed by atoms with Gasteiger partial charge in [-0.25, -0.2) is 4.98 Å². The molecule has 1 aromatic carbocycles. The highest BCUT2D eigenvalue weighted by molar-refractivity contribution is 6.30. The Labute approximate surface area is 151 Å². The van der Waals surface area contributed by atoms with Crippen molar-refractivity contribution in [3.8, 4) is 5.75 Å². The molecule has 2 rings (SSSR count). The molecule has 0 atom stereocenters. The third kappa shape index (κ3) is 6.08. The van der Waals surface area contributed by atoms with E-state index in [1.807, 2.05) is 19.1 Å². The number of rotatable bonds is 7. The average molecular weight is 362 g/mol. The molecule has 0 aliphatic carbocycles. The molecule has 0 fully saturated rings. The van der Waals surface area contributed by atoms with E-state index in [0.717, 1.165) is 5.69 Å². The van der Waals surface area contributed by atoms with Crippen molar-refractivity contribution < 1.29 is 14.3 Å². The number of hydrogen-bond donors (Lipinski definition) is 2. The van der Waals surface area contributed by atoms with Gasteiger partial charge in [0, 0.05) is 29.2 Å². The van der Waals surface area contributed by atoms with Crippen LogP contribution in [-0.4, -0.2) is 30.5 Å². The summed E-state index contributed by atoms with van der Waals surface area (Å²) in [5.41, 5.74) is 1.52. The Morgan fingerprint density at radius 1 is 1.20 bits per heavy atom. The molecule has 2 N–H and O–H groups in total. The number of benzene rings is 1. The molecule has 0 saturated heterocycles. The number of amides is 2. The number of halogens is 1. The van der Waals surface area contributed by atoms with Gasteiger partial charge < -0.3 is 15.4 Å². The van der Waals surface area contributed by atoms with Gasteiger partial charge >= 0.3 is 0 Å². The van der Waals surface area contributed by atoms with Crippen LogP contribution >= 0.6 is 11.6 Å². The van der Waals surface area contributed by atoms with E-state index < -0.39 is 0 Å². The lowest BCUT2D eigenvalue weighted by atomic mass is 10.1. The third-order valence-electron chi connectivity index (χ3n) is 3.42. The number of pyridine rings is 1. The van der Waals surface area contributed by atoms with Gasteiger partial charge in [0.05, 0.1) is 13.5 Å². The molecule has 6 nitrogen and oxygen atoms in total. The topological polar surface area (TPSA) is 80.3 Å². The molecule has 0 radical (unpaired) electrons. The first-order chi connectivity index (χ1) is 12.0. The zero-order valence-corrected chi connectivity index (χ0v) is 14.9. The third-order valence-corrected chi connectivity index (χ3v) is 3.66. The second-order valence-corrected chi connectivity index (χ2v) is 5.88. The monoisotopic (exact) mass is 361 g/mol. The van der Waals surface area contributed by atoms with E-state index in [0.29, 0.717) is 22.2 Å². The molecule has 25 heavy (non-hydrogen) atoms. The van der Waals surface area contributed by atoms with Crippen molar-refractivity contribution in [2.75, 3.05) is 19.0 Å². The second kappa shape index (κ2) is 9.03. The van der Waals surface area contributed by atoms with Crippen LogP contribution in [0.1, 0.15) is 17.7 Å².